The monoisotopic (exact) mass is 339 g/mol. The maximum Gasteiger partial charge on any atom is 0.242 e. The molecule has 7 heteroatoms. The molecule has 0 fully saturated rings. The number of aromatic nitrogens is 1. The zero-order valence-corrected chi connectivity index (χ0v) is 14.0. The molecule has 2 aromatic rings. The molecule has 1 amide bonds. The Labute approximate surface area is 139 Å². The third-order valence-corrected chi connectivity index (χ3v) is 3.92. The van der Waals surface area contributed by atoms with Crippen LogP contribution in [-0.2, 0) is 11.3 Å². The standard InChI is InChI=1S/C16H19ClFN3O2/c1-4-14(16(22)19-15-8-10(2)23-20-15)21(3)9-11-12(17)6-5-7-13(11)18/h5-8,14H,4,9H2,1-3H3,(H,19,20,22). The van der Waals surface area contributed by atoms with Gasteiger partial charge in [0.05, 0.1) is 6.04 Å². The number of likely N-dealkylation sites (N-methyl/N-ethyl adjacent to an activating group) is 1. The predicted molar refractivity (Wildman–Crippen MR) is 86.8 cm³/mol. The number of carbonyl (C=O) groups excluding carboxylic acids is 1. The highest BCUT2D eigenvalue weighted by atomic mass is 35.5. The van der Waals surface area contributed by atoms with Crippen LogP contribution in [0.3, 0.4) is 0 Å². The highest BCUT2D eigenvalue weighted by Gasteiger charge is 2.24. The number of carbonyl (C=O) groups is 1. The van der Waals surface area contributed by atoms with E-state index in [0.717, 1.165) is 0 Å². The molecule has 0 radical (unpaired) electrons. The van der Waals surface area contributed by atoms with E-state index in [1.165, 1.54) is 6.07 Å². The third-order valence-electron chi connectivity index (χ3n) is 3.57. The van der Waals surface area contributed by atoms with Crippen LogP contribution >= 0.6 is 11.6 Å². The van der Waals surface area contributed by atoms with Crippen LogP contribution in [0.2, 0.25) is 5.02 Å². The molecule has 0 bridgehead atoms. The number of rotatable bonds is 6. The van der Waals surface area contributed by atoms with Gasteiger partial charge in [-0.05, 0) is 32.5 Å². The molecule has 0 aliphatic rings. The third kappa shape index (κ3) is 4.30. The summed E-state index contributed by atoms with van der Waals surface area (Å²) in [6.45, 7) is 3.86. The number of aryl methyl sites for hydroxylation is 1. The molecule has 0 saturated carbocycles. The zero-order chi connectivity index (χ0) is 17.0. The van der Waals surface area contributed by atoms with Crippen LogP contribution in [0.1, 0.15) is 24.7 Å². The van der Waals surface area contributed by atoms with Crippen molar-refractivity contribution in [2.24, 2.45) is 0 Å². The van der Waals surface area contributed by atoms with Gasteiger partial charge in [0.25, 0.3) is 0 Å². The van der Waals surface area contributed by atoms with Crippen molar-refractivity contribution in [2.45, 2.75) is 32.9 Å². The second-order valence-corrected chi connectivity index (χ2v) is 5.76. The van der Waals surface area contributed by atoms with Crippen molar-refractivity contribution in [1.29, 1.82) is 0 Å². The molecule has 5 nitrogen and oxygen atoms in total. The Balaban J connectivity index is 2.08. The summed E-state index contributed by atoms with van der Waals surface area (Å²) in [5.74, 6) is 0.366. The van der Waals surface area contributed by atoms with E-state index in [1.807, 2.05) is 6.92 Å². The van der Waals surface area contributed by atoms with E-state index in [0.29, 0.717) is 28.6 Å². The second-order valence-electron chi connectivity index (χ2n) is 5.35. The van der Waals surface area contributed by atoms with Gasteiger partial charge in [-0.3, -0.25) is 9.69 Å². The van der Waals surface area contributed by atoms with Crippen LogP contribution in [0, 0.1) is 12.7 Å². The molecule has 1 aromatic heterocycles. The largest absolute Gasteiger partial charge is 0.360 e. The number of halogens is 2. The first kappa shape index (κ1) is 17.4. The fraction of sp³-hybridized carbons (Fsp3) is 0.375. The van der Waals surface area contributed by atoms with Gasteiger partial charge in [0.15, 0.2) is 5.82 Å². The summed E-state index contributed by atoms with van der Waals surface area (Å²) >= 11 is 6.04. The summed E-state index contributed by atoms with van der Waals surface area (Å²) in [5, 5.41) is 6.78. The summed E-state index contributed by atoms with van der Waals surface area (Å²) in [6.07, 6.45) is 0.561. The highest BCUT2D eigenvalue weighted by Crippen LogP contribution is 2.22. The average Bonchev–Trinajstić information content (AvgIpc) is 2.89. The number of amides is 1. The van der Waals surface area contributed by atoms with Crippen molar-refractivity contribution < 1.29 is 13.7 Å². The van der Waals surface area contributed by atoms with Gasteiger partial charge in [-0.1, -0.05) is 29.7 Å². The summed E-state index contributed by atoms with van der Waals surface area (Å²) < 4.78 is 18.8. The van der Waals surface area contributed by atoms with Crippen LogP contribution in [-0.4, -0.2) is 29.1 Å². The fourth-order valence-corrected chi connectivity index (χ4v) is 2.60. The number of anilines is 1. The maximum absolute atomic E-state index is 13.9. The Morgan fingerprint density at radius 3 is 2.83 bits per heavy atom. The SMILES string of the molecule is CCC(C(=O)Nc1cc(C)on1)N(C)Cc1c(F)cccc1Cl. The molecule has 1 atom stereocenters. The summed E-state index contributed by atoms with van der Waals surface area (Å²) in [7, 11) is 1.75. The molecule has 23 heavy (non-hydrogen) atoms. The van der Waals surface area contributed by atoms with Crippen molar-refractivity contribution in [3.05, 3.63) is 46.4 Å². The number of nitrogens with one attached hydrogen (secondary N) is 1. The molecule has 0 saturated heterocycles. The Bertz CT molecular complexity index is 669. The molecule has 1 heterocycles. The Morgan fingerprint density at radius 2 is 2.26 bits per heavy atom. The van der Waals surface area contributed by atoms with Crippen molar-refractivity contribution in [3.8, 4) is 0 Å². The summed E-state index contributed by atoms with van der Waals surface area (Å²) in [6, 6.07) is 5.74. The van der Waals surface area contributed by atoms with Gasteiger partial charge in [0, 0.05) is 23.2 Å². The first-order valence-corrected chi connectivity index (χ1v) is 7.67. The Morgan fingerprint density at radius 1 is 1.52 bits per heavy atom. The highest BCUT2D eigenvalue weighted by molar-refractivity contribution is 6.31. The molecule has 1 aromatic carbocycles. The molecule has 1 N–H and O–H groups in total. The van der Waals surface area contributed by atoms with E-state index in [4.69, 9.17) is 16.1 Å². The lowest BCUT2D eigenvalue weighted by molar-refractivity contribution is -0.121. The van der Waals surface area contributed by atoms with E-state index in [-0.39, 0.29) is 18.3 Å². The summed E-state index contributed by atoms with van der Waals surface area (Å²) in [4.78, 5) is 14.1. The lowest BCUT2D eigenvalue weighted by Gasteiger charge is -2.26. The minimum absolute atomic E-state index is 0.226. The van der Waals surface area contributed by atoms with E-state index in [2.05, 4.69) is 10.5 Å². The van der Waals surface area contributed by atoms with Gasteiger partial charge in [-0.2, -0.15) is 0 Å². The molecule has 0 aliphatic heterocycles. The van der Waals surface area contributed by atoms with Crippen molar-refractivity contribution in [3.63, 3.8) is 0 Å². The fourth-order valence-electron chi connectivity index (χ4n) is 2.38. The molecular formula is C16H19ClFN3O2. The van der Waals surface area contributed by atoms with Crippen LogP contribution in [0.25, 0.3) is 0 Å². The van der Waals surface area contributed by atoms with Gasteiger partial charge in [-0.15, -0.1) is 0 Å². The smallest absolute Gasteiger partial charge is 0.242 e. The van der Waals surface area contributed by atoms with Gasteiger partial charge in [0.2, 0.25) is 5.91 Å². The van der Waals surface area contributed by atoms with E-state index in [9.17, 15) is 9.18 Å². The number of benzene rings is 1. The van der Waals surface area contributed by atoms with Crippen molar-refractivity contribution >= 4 is 23.3 Å². The van der Waals surface area contributed by atoms with Crippen LogP contribution in [0.4, 0.5) is 10.2 Å². The van der Waals surface area contributed by atoms with Gasteiger partial charge in [0.1, 0.15) is 11.6 Å². The lowest BCUT2D eigenvalue weighted by atomic mass is 10.1. The van der Waals surface area contributed by atoms with E-state index >= 15 is 0 Å². The topological polar surface area (TPSA) is 58.4 Å². The molecule has 124 valence electrons. The molecule has 0 spiro atoms. The molecule has 1 unspecified atom stereocenters. The van der Waals surface area contributed by atoms with Crippen molar-refractivity contribution in [2.75, 3.05) is 12.4 Å². The Hall–Kier alpha value is -1.92. The van der Waals surface area contributed by atoms with Gasteiger partial charge in [-0.25, -0.2) is 4.39 Å². The van der Waals surface area contributed by atoms with Crippen LogP contribution in [0.5, 0.6) is 0 Å². The van der Waals surface area contributed by atoms with Gasteiger partial charge < -0.3 is 9.84 Å². The normalized spacial score (nSPS) is 12.4. The second kappa shape index (κ2) is 7.57. The van der Waals surface area contributed by atoms with Crippen LogP contribution in [0.15, 0.2) is 28.8 Å². The minimum Gasteiger partial charge on any atom is -0.360 e. The first-order chi connectivity index (χ1) is 10.9. The summed E-state index contributed by atoms with van der Waals surface area (Å²) in [5.41, 5.74) is 0.375. The van der Waals surface area contributed by atoms with Crippen molar-refractivity contribution in [1.82, 2.24) is 10.1 Å². The number of nitrogens with zero attached hydrogens (tertiary/aromatic N) is 2. The molecule has 0 aliphatic carbocycles. The predicted octanol–water partition coefficient (Wildman–Crippen LogP) is 3.62. The quantitative estimate of drug-likeness (QED) is 0.873. The van der Waals surface area contributed by atoms with Crippen LogP contribution < -0.4 is 5.32 Å². The Kier molecular flexibility index (Phi) is 5.74. The average molecular weight is 340 g/mol. The van der Waals surface area contributed by atoms with E-state index < -0.39 is 6.04 Å². The first-order valence-electron chi connectivity index (χ1n) is 7.29. The lowest BCUT2D eigenvalue weighted by Crippen LogP contribution is -2.41. The zero-order valence-electron chi connectivity index (χ0n) is 13.3. The number of hydrogen-bond acceptors (Lipinski definition) is 4. The van der Waals surface area contributed by atoms with E-state index in [1.54, 1.807) is 37.1 Å². The number of hydrogen-bond donors (Lipinski definition) is 1. The maximum atomic E-state index is 13.9. The molecule has 2 rings (SSSR count). The van der Waals surface area contributed by atoms with Gasteiger partial charge >= 0.3 is 0 Å². The molecular weight excluding hydrogens is 321 g/mol. The minimum atomic E-state index is -0.442.